The first-order valence-electron chi connectivity index (χ1n) is 4.56. The summed E-state index contributed by atoms with van der Waals surface area (Å²) in [6, 6.07) is 0. The van der Waals surface area contributed by atoms with E-state index < -0.39 is 31.3 Å². The number of ether oxygens (including phenoxy) is 1. The molecule has 3 N–H and O–H groups in total. The molecule has 8 heteroatoms. The molecular formula is C8H14F3NO4. The summed E-state index contributed by atoms with van der Waals surface area (Å²) in [6.07, 6.45) is -5.81. The van der Waals surface area contributed by atoms with Crippen LogP contribution in [0.15, 0.2) is 0 Å². The molecule has 0 aliphatic heterocycles. The molecule has 0 bridgehead atoms. The number of hydrogen-bond acceptors (Lipinski definition) is 4. The van der Waals surface area contributed by atoms with Crippen molar-refractivity contribution >= 4 is 5.97 Å². The molecule has 0 saturated heterocycles. The number of hydrogen-bond donors (Lipinski definition) is 3. The lowest BCUT2D eigenvalue weighted by atomic mass is 10.2. The Morgan fingerprint density at radius 2 is 2.06 bits per heavy atom. The largest absolute Gasteiger partial charge is 0.481 e. The first kappa shape index (κ1) is 15.1. The van der Waals surface area contributed by atoms with Crippen LogP contribution in [0.2, 0.25) is 0 Å². The van der Waals surface area contributed by atoms with Gasteiger partial charge in [0.05, 0.1) is 19.1 Å². The van der Waals surface area contributed by atoms with Crippen LogP contribution < -0.4 is 5.32 Å². The highest BCUT2D eigenvalue weighted by Crippen LogP contribution is 2.13. The predicted molar refractivity (Wildman–Crippen MR) is 48.0 cm³/mol. The summed E-state index contributed by atoms with van der Waals surface area (Å²) >= 11 is 0. The van der Waals surface area contributed by atoms with Crippen LogP contribution in [0.4, 0.5) is 13.2 Å². The third kappa shape index (κ3) is 11.2. The van der Waals surface area contributed by atoms with E-state index in [9.17, 15) is 18.0 Å². The van der Waals surface area contributed by atoms with Gasteiger partial charge < -0.3 is 20.3 Å². The summed E-state index contributed by atoms with van der Waals surface area (Å²) in [7, 11) is 0. The molecule has 0 aliphatic rings. The van der Waals surface area contributed by atoms with Gasteiger partial charge in [-0.15, -0.1) is 0 Å². The zero-order valence-corrected chi connectivity index (χ0v) is 8.46. The van der Waals surface area contributed by atoms with Gasteiger partial charge in [-0.2, -0.15) is 13.2 Å². The van der Waals surface area contributed by atoms with Crippen LogP contribution in [0, 0.1) is 0 Å². The van der Waals surface area contributed by atoms with Gasteiger partial charge in [-0.05, 0) is 0 Å². The van der Waals surface area contributed by atoms with E-state index in [-0.39, 0.29) is 19.7 Å². The van der Waals surface area contributed by atoms with Crippen LogP contribution in [-0.2, 0) is 9.53 Å². The highest BCUT2D eigenvalue weighted by molar-refractivity contribution is 5.67. The van der Waals surface area contributed by atoms with Crippen molar-refractivity contribution in [3.63, 3.8) is 0 Å². The molecular weight excluding hydrogens is 231 g/mol. The fourth-order valence-electron chi connectivity index (χ4n) is 0.875. The molecule has 16 heavy (non-hydrogen) atoms. The van der Waals surface area contributed by atoms with Gasteiger partial charge in [0.2, 0.25) is 0 Å². The Hall–Kier alpha value is -0.860. The predicted octanol–water partition coefficient (Wildman–Crippen LogP) is -0.00950. The smallest absolute Gasteiger partial charge is 0.411 e. The third-order valence-electron chi connectivity index (χ3n) is 1.48. The van der Waals surface area contributed by atoms with E-state index in [0.29, 0.717) is 0 Å². The molecule has 5 nitrogen and oxygen atoms in total. The summed E-state index contributed by atoms with van der Waals surface area (Å²) in [5.41, 5.74) is 0. The average molecular weight is 245 g/mol. The SMILES string of the molecule is O=C(O)CC(O)CNCCOCC(F)(F)F. The molecule has 0 rings (SSSR count). The van der Waals surface area contributed by atoms with E-state index in [4.69, 9.17) is 10.2 Å². The molecule has 1 atom stereocenters. The molecule has 0 saturated carbocycles. The molecule has 0 heterocycles. The lowest BCUT2D eigenvalue weighted by Crippen LogP contribution is -2.31. The molecule has 1 unspecified atom stereocenters. The summed E-state index contributed by atoms with van der Waals surface area (Å²) in [5, 5.41) is 19.9. The van der Waals surface area contributed by atoms with E-state index in [1.807, 2.05) is 0 Å². The van der Waals surface area contributed by atoms with Crippen molar-refractivity contribution in [2.45, 2.75) is 18.7 Å². The molecule has 0 radical (unpaired) electrons. The Bertz CT molecular complexity index is 210. The summed E-state index contributed by atoms with van der Waals surface area (Å²) in [6.45, 7) is -1.35. The third-order valence-corrected chi connectivity index (χ3v) is 1.48. The Kier molecular flexibility index (Phi) is 7.02. The normalized spacial score (nSPS) is 13.8. The van der Waals surface area contributed by atoms with Crippen molar-refractivity contribution < 1.29 is 32.9 Å². The molecule has 0 fully saturated rings. The van der Waals surface area contributed by atoms with Crippen LogP contribution in [0.1, 0.15) is 6.42 Å². The topological polar surface area (TPSA) is 78.8 Å². The van der Waals surface area contributed by atoms with Gasteiger partial charge in [0.15, 0.2) is 0 Å². The number of carboxylic acids is 1. The highest BCUT2D eigenvalue weighted by Gasteiger charge is 2.27. The van der Waals surface area contributed by atoms with Gasteiger partial charge in [0, 0.05) is 13.1 Å². The lowest BCUT2D eigenvalue weighted by molar-refractivity contribution is -0.173. The number of aliphatic hydroxyl groups excluding tert-OH is 1. The van der Waals surface area contributed by atoms with Crippen molar-refractivity contribution in [1.82, 2.24) is 5.32 Å². The molecule has 0 aromatic rings. The Labute approximate surface area is 90.2 Å². The zero-order chi connectivity index (χ0) is 12.6. The number of aliphatic carboxylic acids is 1. The quantitative estimate of drug-likeness (QED) is 0.524. The molecule has 0 aliphatic carbocycles. The molecule has 0 aromatic heterocycles. The van der Waals surface area contributed by atoms with Crippen LogP contribution in [-0.4, -0.2) is 54.8 Å². The second kappa shape index (κ2) is 7.42. The van der Waals surface area contributed by atoms with Crippen LogP contribution in [0.5, 0.6) is 0 Å². The van der Waals surface area contributed by atoms with Crippen molar-refractivity contribution in [2.75, 3.05) is 26.3 Å². The zero-order valence-electron chi connectivity index (χ0n) is 8.46. The van der Waals surface area contributed by atoms with Crippen molar-refractivity contribution in [3.8, 4) is 0 Å². The van der Waals surface area contributed by atoms with Gasteiger partial charge in [0.1, 0.15) is 6.61 Å². The summed E-state index contributed by atoms with van der Waals surface area (Å²) < 4.78 is 39.0. The number of aliphatic hydroxyl groups is 1. The van der Waals surface area contributed by atoms with E-state index in [1.54, 1.807) is 0 Å². The molecule has 0 aromatic carbocycles. The fourth-order valence-corrected chi connectivity index (χ4v) is 0.875. The summed E-state index contributed by atoms with van der Waals surface area (Å²) in [4.78, 5) is 10.1. The van der Waals surface area contributed by atoms with Crippen molar-refractivity contribution in [3.05, 3.63) is 0 Å². The number of rotatable bonds is 8. The first-order chi connectivity index (χ1) is 7.31. The Morgan fingerprint density at radius 1 is 1.44 bits per heavy atom. The number of carboxylic acid groups (broad SMARTS) is 1. The summed E-state index contributed by atoms with van der Waals surface area (Å²) in [5.74, 6) is -1.14. The van der Waals surface area contributed by atoms with Gasteiger partial charge in [-0.3, -0.25) is 4.79 Å². The maximum absolute atomic E-state index is 11.6. The second-order valence-electron chi connectivity index (χ2n) is 3.12. The molecule has 0 spiro atoms. The number of alkyl halides is 3. The Morgan fingerprint density at radius 3 is 2.56 bits per heavy atom. The maximum Gasteiger partial charge on any atom is 0.411 e. The average Bonchev–Trinajstić information content (AvgIpc) is 2.07. The Balaban J connectivity index is 3.30. The van der Waals surface area contributed by atoms with E-state index >= 15 is 0 Å². The van der Waals surface area contributed by atoms with Gasteiger partial charge in [0.25, 0.3) is 0 Å². The minimum absolute atomic E-state index is 0.00166. The van der Waals surface area contributed by atoms with Crippen molar-refractivity contribution in [2.24, 2.45) is 0 Å². The van der Waals surface area contributed by atoms with Crippen LogP contribution in [0.3, 0.4) is 0 Å². The number of carbonyl (C=O) groups is 1. The van der Waals surface area contributed by atoms with Gasteiger partial charge >= 0.3 is 12.1 Å². The minimum atomic E-state index is -4.34. The minimum Gasteiger partial charge on any atom is -0.481 e. The monoisotopic (exact) mass is 245 g/mol. The van der Waals surface area contributed by atoms with E-state index in [1.165, 1.54) is 0 Å². The fraction of sp³-hybridized carbons (Fsp3) is 0.875. The van der Waals surface area contributed by atoms with Crippen molar-refractivity contribution in [1.29, 1.82) is 0 Å². The van der Waals surface area contributed by atoms with Crippen LogP contribution >= 0.6 is 0 Å². The molecule has 96 valence electrons. The number of halogens is 3. The first-order valence-corrected chi connectivity index (χ1v) is 4.56. The maximum atomic E-state index is 11.6. The van der Waals surface area contributed by atoms with Gasteiger partial charge in [-0.25, -0.2) is 0 Å². The van der Waals surface area contributed by atoms with E-state index in [0.717, 1.165) is 0 Å². The number of nitrogens with one attached hydrogen (secondary N) is 1. The van der Waals surface area contributed by atoms with Gasteiger partial charge in [-0.1, -0.05) is 0 Å². The second-order valence-corrected chi connectivity index (χ2v) is 3.12. The van der Waals surface area contributed by atoms with E-state index in [2.05, 4.69) is 10.1 Å². The van der Waals surface area contributed by atoms with Crippen LogP contribution in [0.25, 0.3) is 0 Å². The standard InChI is InChI=1S/C8H14F3NO4/c9-8(10,11)5-16-2-1-12-4-6(13)3-7(14)15/h6,12-13H,1-5H2,(H,14,15). The lowest BCUT2D eigenvalue weighted by Gasteiger charge is -2.10. The molecule has 0 amide bonds. The highest BCUT2D eigenvalue weighted by atomic mass is 19.4.